The van der Waals surface area contributed by atoms with E-state index < -0.39 is 11.9 Å². The van der Waals surface area contributed by atoms with E-state index in [1.165, 1.54) is 8.92 Å². The first-order valence-corrected chi connectivity index (χ1v) is 12.4. The molecule has 6 aromatic rings. The van der Waals surface area contributed by atoms with E-state index in [-0.39, 0.29) is 16.9 Å². The number of amides is 1. The standard InChI is InChI=1S/C29H23N9O2/c1-18(33-28(39)24-26(30)35-37-15-7-14-31-27(24)37)25-23(20-8-4-3-5-9-20)29(40)38-21(10-6-11-22(38)34-25)13-12-19-16-32-36(2)17-19/h3-11,14-18H,1-2H3,(H2,30,35)(H,33,39). The highest BCUT2D eigenvalue weighted by molar-refractivity contribution is 6.04. The topological polar surface area (TPSA) is 138 Å². The lowest BCUT2D eigenvalue weighted by Crippen LogP contribution is -2.31. The summed E-state index contributed by atoms with van der Waals surface area (Å²) in [6.45, 7) is 1.77. The molecule has 0 bridgehead atoms. The molecule has 6 rings (SSSR count). The minimum Gasteiger partial charge on any atom is -0.381 e. The summed E-state index contributed by atoms with van der Waals surface area (Å²) < 4.78 is 4.59. The molecule has 5 heterocycles. The van der Waals surface area contributed by atoms with Gasteiger partial charge in [0.2, 0.25) is 0 Å². The molecule has 1 aromatic carbocycles. The van der Waals surface area contributed by atoms with Crippen molar-refractivity contribution in [2.24, 2.45) is 7.05 Å². The van der Waals surface area contributed by atoms with Gasteiger partial charge in [0.15, 0.2) is 11.5 Å². The second-order valence-corrected chi connectivity index (χ2v) is 9.14. The van der Waals surface area contributed by atoms with Crippen molar-refractivity contribution in [3.8, 4) is 23.0 Å². The van der Waals surface area contributed by atoms with Crippen molar-refractivity contribution in [3.63, 3.8) is 0 Å². The monoisotopic (exact) mass is 529 g/mol. The molecule has 11 nitrogen and oxygen atoms in total. The van der Waals surface area contributed by atoms with Crippen LogP contribution in [0.2, 0.25) is 0 Å². The number of benzene rings is 1. The highest BCUT2D eigenvalue weighted by atomic mass is 16.2. The molecule has 196 valence electrons. The smallest absolute Gasteiger partial charge is 0.267 e. The molecule has 1 unspecified atom stereocenters. The number of aromatic nitrogens is 7. The van der Waals surface area contributed by atoms with Gasteiger partial charge in [-0.2, -0.15) is 5.10 Å². The number of rotatable bonds is 4. The van der Waals surface area contributed by atoms with E-state index in [0.29, 0.717) is 33.8 Å². The van der Waals surface area contributed by atoms with E-state index in [1.807, 2.05) is 37.4 Å². The summed E-state index contributed by atoms with van der Waals surface area (Å²) in [5, 5.41) is 11.2. The lowest BCUT2D eigenvalue weighted by Gasteiger charge is -2.18. The number of pyridine rings is 1. The highest BCUT2D eigenvalue weighted by Gasteiger charge is 2.25. The van der Waals surface area contributed by atoms with Crippen molar-refractivity contribution < 1.29 is 4.79 Å². The fraction of sp³-hybridized carbons (Fsp3) is 0.103. The van der Waals surface area contributed by atoms with Crippen LogP contribution in [0, 0.1) is 11.8 Å². The maximum Gasteiger partial charge on any atom is 0.267 e. The molecular weight excluding hydrogens is 506 g/mol. The Bertz CT molecular complexity index is 2030. The number of fused-ring (bicyclic) bond motifs is 2. The Balaban J connectivity index is 1.48. The average molecular weight is 530 g/mol. The summed E-state index contributed by atoms with van der Waals surface area (Å²) in [5.41, 5.74) is 9.26. The van der Waals surface area contributed by atoms with Crippen molar-refractivity contribution in [1.29, 1.82) is 0 Å². The van der Waals surface area contributed by atoms with E-state index in [4.69, 9.17) is 10.7 Å². The molecule has 3 N–H and O–H groups in total. The Morgan fingerprint density at radius 2 is 1.90 bits per heavy atom. The summed E-state index contributed by atoms with van der Waals surface area (Å²) in [6, 6.07) is 15.5. The Labute approximate surface area is 227 Å². The normalized spacial score (nSPS) is 11.8. The molecule has 0 aliphatic rings. The van der Waals surface area contributed by atoms with Crippen LogP contribution in [0.25, 0.3) is 22.4 Å². The SMILES string of the molecule is CC(NC(=O)c1c(N)nn2cccnc12)c1nc2cccc(C#Cc3cnn(C)c3)n2c(=O)c1-c1ccccc1. The average Bonchev–Trinajstić information content (AvgIpc) is 3.53. The lowest BCUT2D eigenvalue weighted by molar-refractivity contribution is 0.0941. The van der Waals surface area contributed by atoms with E-state index in [0.717, 1.165) is 5.56 Å². The van der Waals surface area contributed by atoms with Crippen LogP contribution in [0.4, 0.5) is 5.82 Å². The number of nitrogens with two attached hydrogens (primary N) is 1. The summed E-state index contributed by atoms with van der Waals surface area (Å²) in [5.74, 6) is 5.71. The van der Waals surface area contributed by atoms with Gasteiger partial charge in [-0.15, -0.1) is 5.10 Å². The number of aryl methyl sites for hydroxylation is 1. The van der Waals surface area contributed by atoms with Crippen LogP contribution in [-0.4, -0.2) is 39.7 Å². The van der Waals surface area contributed by atoms with Gasteiger partial charge in [-0.3, -0.25) is 18.7 Å². The third-order valence-corrected chi connectivity index (χ3v) is 6.39. The van der Waals surface area contributed by atoms with E-state index in [1.54, 1.807) is 60.7 Å². The summed E-state index contributed by atoms with van der Waals surface area (Å²) in [4.78, 5) is 36.6. The minimum atomic E-state index is -0.663. The fourth-order valence-electron chi connectivity index (χ4n) is 4.57. The van der Waals surface area contributed by atoms with Crippen LogP contribution in [0.3, 0.4) is 0 Å². The second-order valence-electron chi connectivity index (χ2n) is 9.14. The first-order chi connectivity index (χ1) is 19.4. The molecule has 0 radical (unpaired) electrons. The molecule has 1 amide bonds. The lowest BCUT2D eigenvalue weighted by atomic mass is 10.0. The third kappa shape index (κ3) is 4.33. The van der Waals surface area contributed by atoms with Crippen molar-refractivity contribution >= 4 is 23.0 Å². The highest BCUT2D eigenvalue weighted by Crippen LogP contribution is 2.26. The van der Waals surface area contributed by atoms with Crippen LogP contribution in [-0.2, 0) is 7.05 Å². The van der Waals surface area contributed by atoms with Crippen molar-refractivity contribution in [2.75, 3.05) is 5.73 Å². The fourth-order valence-corrected chi connectivity index (χ4v) is 4.57. The molecule has 0 fully saturated rings. The quantitative estimate of drug-likeness (QED) is 0.335. The Morgan fingerprint density at radius 1 is 1.07 bits per heavy atom. The number of hydrogen-bond donors (Lipinski definition) is 2. The number of carbonyl (C=O) groups is 1. The van der Waals surface area contributed by atoms with Crippen LogP contribution in [0.15, 0.2) is 84.2 Å². The predicted molar refractivity (Wildman–Crippen MR) is 149 cm³/mol. The second kappa shape index (κ2) is 9.85. The van der Waals surface area contributed by atoms with Gasteiger partial charge >= 0.3 is 0 Å². The number of nitrogen functional groups attached to an aromatic ring is 1. The van der Waals surface area contributed by atoms with Gasteiger partial charge in [-0.1, -0.05) is 42.3 Å². The van der Waals surface area contributed by atoms with Gasteiger partial charge in [-0.05, 0) is 36.6 Å². The zero-order valence-electron chi connectivity index (χ0n) is 21.6. The van der Waals surface area contributed by atoms with Crippen molar-refractivity contribution in [3.05, 3.63) is 112 Å². The molecule has 11 heteroatoms. The van der Waals surface area contributed by atoms with Crippen LogP contribution >= 0.6 is 0 Å². The van der Waals surface area contributed by atoms with Crippen LogP contribution < -0.4 is 16.6 Å². The Kier molecular flexibility index (Phi) is 6.05. The van der Waals surface area contributed by atoms with Crippen LogP contribution in [0.1, 0.15) is 40.3 Å². The molecule has 0 saturated carbocycles. The molecule has 1 atom stereocenters. The third-order valence-electron chi connectivity index (χ3n) is 6.39. The Hall–Kier alpha value is -5.76. The molecule has 5 aromatic heterocycles. The van der Waals surface area contributed by atoms with Gasteiger partial charge in [-0.25, -0.2) is 14.5 Å². The van der Waals surface area contributed by atoms with Gasteiger partial charge in [0.1, 0.15) is 16.9 Å². The van der Waals surface area contributed by atoms with Crippen LogP contribution in [0.5, 0.6) is 0 Å². The van der Waals surface area contributed by atoms with E-state index in [9.17, 15) is 9.59 Å². The minimum absolute atomic E-state index is 0.0510. The van der Waals surface area contributed by atoms with E-state index >= 15 is 0 Å². The Morgan fingerprint density at radius 3 is 2.67 bits per heavy atom. The molecule has 0 aliphatic heterocycles. The maximum atomic E-state index is 14.1. The van der Waals surface area contributed by atoms with Gasteiger partial charge in [0.25, 0.3) is 11.5 Å². The molecule has 0 saturated heterocycles. The molecule has 0 aliphatic carbocycles. The van der Waals surface area contributed by atoms with E-state index in [2.05, 4.69) is 32.3 Å². The number of carbonyl (C=O) groups excluding carboxylic acids is 1. The zero-order valence-corrected chi connectivity index (χ0v) is 21.6. The van der Waals surface area contributed by atoms with Crippen molar-refractivity contribution in [2.45, 2.75) is 13.0 Å². The summed E-state index contributed by atoms with van der Waals surface area (Å²) >= 11 is 0. The molecular formula is C29H23N9O2. The van der Waals surface area contributed by atoms with Gasteiger partial charge in [0.05, 0.1) is 29.1 Å². The number of anilines is 1. The van der Waals surface area contributed by atoms with Crippen molar-refractivity contribution in [1.82, 2.24) is 39.1 Å². The zero-order chi connectivity index (χ0) is 27.8. The maximum absolute atomic E-state index is 14.1. The van der Waals surface area contributed by atoms with Gasteiger partial charge < -0.3 is 11.1 Å². The number of hydrogen-bond acceptors (Lipinski definition) is 7. The first kappa shape index (κ1) is 24.6. The molecule has 40 heavy (non-hydrogen) atoms. The summed E-state index contributed by atoms with van der Waals surface area (Å²) in [7, 11) is 1.81. The number of nitrogens with zero attached hydrogens (tertiary/aromatic N) is 7. The molecule has 0 spiro atoms. The largest absolute Gasteiger partial charge is 0.381 e. The summed E-state index contributed by atoms with van der Waals surface area (Å²) in [6.07, 6.45) is 6.67. The van der Waals surface area contributed by atoms with Gasteiger partial charge in [0, 0.05) is 25.6 Å². The number of nitrogens with one attached hydrogen (secondary N) is 1. The predicted octanol–water partition coefficient (Wildman–Crippen LogP) is 2.61. The first-order valence-electron chi connectivity index (χ1n) is 12.4.